The number of imidazole rings is 1. The highest BCUT2D eigenvalue weighted by Gasteiger charge is 2.46. The van der Waals surface area contributed by atoms with Gasteiger partial charge in [0.15, 0.2) is 0 Å². The number of hydrogen-bond acceptors (Lipinski definition) is 2. The van der Waals surface area contributed by atoms with E-state index in [-0.39, 0.29) is 5.54 Å². The van der Waals surface area contributed by atoms with E-state index in [1.165, 1.54) is 29.4 Å². The van der Waals surface area contributed by atoms with E-state index < -0.39 is 0 Å². The third-order valence-corrected chi connectivity index (χ3v) is 5.37. The molecule has 0 aliphatic heterocycles. The van der Waals surface area contributed by atoms with Gasteiger partial charge in [-0.15, -0.1) is 0 Å². The number of hydrogen-bond donors (Lipinski definition) is 2. The number of rotatable bonds is 1. The third kappa shape index (κ3) is 2.24. The second kappa shape index (κ2) is 5.67. The summed E-state index contributed by atoms with van der Waals surface area (Å²) in [6, 6.07) is 14.3. The zero-order chi connectivity index (χ0) is 17.8. The summed E-state index contributed by atoms with van der Waals surface area (Å²) < 4.78 is 4.66. The van der Waals surface area contributed by atoms with Crippen LogP contribution in [0.25, 0.3) is 27.3 Å². The summed E-state index contributed by atoms with van der Waals surface area (Å²) in [5, 5.41) is 13.9. The highest BCUT2D eigenvalue weighted by atomic mass is 32.1. The summed E-state index contributed by atoms with van der Waals surface area (Å²) in [6.45, 7) is 4.45. The Kier molecular flexibility index (Phi) is 3.69. The van der Waals surface area contributed by atoms with Gasteiger partial charge in [0.1, 0.15) is 34.1 Å². The lowest BCUT2D eigenvalue weighted by Crippen LogP contribution is -2.43. The molecule has 1 N–H and O–H groups in total. The van der Waals surface area contributed by atoms with E-state index in [0.717, 1.165) is 16.4 Å². The quantitative estimate of drug-likeness (QED) is 0.293. The number of phenols is 1. The molecular weight excluding hydrogens is 328 g/mol. The normalized spacial score (nSPS) is 15.4. The molecular formula is C21H23N2OS+. The molecule has 1 saturated carbocycles. The Labute approximate surface area is 152 Å². The maximum absolute atomic E-state index is 10.6. The van der Waals surface area contributed by atoms with E-state index in [9.17, 15) is 5.11 Å². The van der Waals surface area contributed by atoms with Gasteiger partial charge in [-0.25, -0.2) is 4.57 Å². The molecule has 0 amide bonds. The van der Waals surface area contributed by atoms with Crippen LogP contribution in [0.4, 0.5) is 0 Å². The third-order valence-electron chi connectivity index (χ3n) is 5.37. The minimum atomic E-state index is 0.178. The number of aromatic hydroxyl groups is 1. The lowest BCUT2D eigenvalue weighted by Gasteiger charge is -2.10. The van der Waals surface area contributed by atoms with E-state index in [0.29, 0.717) is 5.75 Å². The van der Waals surface area contributed by atoms with Crippen LogP contribution in [0.1, 0.15) is 25.5 Å². The number of thiol groups is 1. The molecule has 0 atom stereocenters. The lowest BCUT2D eigenvalue weighted by atomic mass is 10.0. The van der Waals surface area contributed by atoms with Crippen molar-refractivity contribution < 1.29 is 9.67 Å². The molecule has 128 valence electrons. The minimum Gasteiger partial charge on any atom is -0.507 e. The Hall–Kier alpha value is -2.20. The number of pyridine rings is 1. The van der Waals surface area contributed by atoms with Gasteiger partial charge in [0.25, 0.3) is 5.65 Å². The summed E-state index contributed by atoms with van der Waals surface area (Å²) in [5.41, 5.74) is 3.68. The van der Waals surface area contributed by atoms with Crippen molar-refractivity contribution in [2.24, 2.45) is 0 Å². The van der Waals surface area contributed by atoms with Crippen LogP contribution in [-0.2, 0) is 5.54 Å². The first-order valence-corrected chi connectivity index (χ1v) is 9.51. The van der Waals surface area contributed by atoms with E-state index >= 15 is 0 Å². The van der Waals surface area contributed by atoms with Crippen LogP contribution in [0.3, 0.4) is 0 Å². The Bertz CT molecular complexity index is 1110. The van der Waals surface area contributed by atoms with Gasteiger partial charge in [-0.05, 0) is 38.2 Å². The summed E-state index contributed by atoms with van der Waals surface area (Å²) in [4.78, 5) is 0. The molecule has 1 aliphatic rings. The molecule has 0 bridgehead atoms. The highest BCUT2D eigenvalue weighted by Crippen LogP contribution is 2.41. The Morgan fingerprint density at radius 1 is 1.04 bits per heavy atom. The number of fused-ring (bicyclic) bond motifs is 6. The van der Waals surface area contributed by atoms with Crippen LogP contribution in [0.2, 0.25) is 0 Å². The molecule has 3 nitrogen and oxygen atoms in total. The van der Waals surface area contributed by atoms with Crippen molar-refractivity contribution in [3.8, 4) is 5.75 Å². The molecule has 4 heteroatoms. The second-order valence-electron chi connectivity index (χ2n) is 7.01. The molecule has 0 spiro atoms. The first kappa shape index (κ1) is 16.3. The topological polar surface area (TPSA) is 28.5 Å². The summed E-state index contributed by atoms with van der Waals surface area (Å²) in [7, 11) is 0. The zero-order valence-electron chi connectivity index (χ0n) is 14.8. The van der Waals surface area contributed by atoms with E-state index in [1.807, 2.05) is 6.07 Å². The van der Waals surface area contributed by atoms with Gasteiger partial charge in [0, 0.05) is 17.7 Å². The predicted octanol–water partition coefficient (Wildman–Crippen LogP) is 4.60. The SMILES string of the molecule is CS.Cc1c[n+](C2(C)CC2)c2c3c(O)cccc3c3ccccc3n12. The molecule has 1 fully saturated rings. The fourth-order valence-corrected chi connectivity index (χ4v) is 3.85. The van der Waals surface area contributed by atoms with Crippen LogP contribution in [-0.4, -0.2) is 15.8 Å². The van der Waals surface area contributed by atoms with Gasteiger partial charge < -0.3 is 5.11 Å². The van der Waals surface area contributed by atoms with Crippen molar-refractivity contribution in [3.63, 3.8) is 0 Å². The van der Waals surface area contributed by atoms with Crippen molar-refractivity contribution in [2.75, 3.05) is 6.26 Å². The molecule has 1 aliphatic carbocycles. The fourth-order valence-electron chi connectivity index (χ4n) is 3.85. The van der Waals surface area contributed by atoms with E-state index in [2.05, 4.69) is 72.0 Å². The van der Waals surface area contributed by atoms with Crippen LogP contribution < -0.4 is 4.57 Å². The van der Waals surface area contributed by atoms with Gasteiger partial charge in [0.2, 0.25) is 0 Å². The number of aryl methyl sites for hydroxylation is 1. The smallest absolute Gasteiger partial charge is 0.299 e. The Balaban J connectivity index is 0.000000758. The van der Waals surface area contributed by atoms with Crippen LogP contribution >= 0.6 is 12.6 Å². The second-order valence-corrected chi connectivity index (χ2v) is 7.01. The monoisotopic (exact) mass is 351 g/mol. The molecule has 0 unspecified atom stereocenters. The maximum Gasteiger partial charge on any atom is 0.299 e. The highest BCUT2D eigenvalue weighted by molar-refractivity contribution is 7.79. The predicted molar refractivity (Wildman–Crippen MR) is 107 cm³/mol. The van der Waals surface area contributed by atoms with Crippen molar-refractivity contribution in [1.29, 1.82) is 0 Å². The molecule has 2 aromatic heterocycles. The maximum atomic E-state index is 10.6. The van der Waals surface area contributed by atoms with Crippen molar-refractivity contribution in [3.05, 3.63) is 54.4 Å². The number of phenolic OH excluding ortho intramolecular Hbond substituents is 1. The first-order chi connectivity index (χ1) is 12.1. The molecule has 5 rings (SSSR count). The van der Waals surface area contributed by atoms with E-state index in [1.54, 1.807) is 12.3 Å². The number of benzene rings is 2. The molecule has 2 heterocycles. The lowest BCUT2D eigenvalue weighted by molar-refractivity contribution is -0.710. The van der Waals surface area contributed by atoms with Gasteiger partial charge in [-0.2, -0.15) is 17.0 Å². The van der Waals surface area contributed by atoms with Crippen LogP contribution in [0.15, 0.2) is 48.7 Å². The summed E-state index contributed by atoms with van der Waals surface area (Å²) in [5.74, 6) is 0.356. The summed E-state index contributed by atoms with van der Waals surface area (Å²) >= 11 is 3.53. The summed E-state index contributed by atoms with van der Waals surface area (Å²) in [6.07, 6.45) is 6.32. The first-order valence-electron chi connectivity index (χ1n) is 8.61. The van der Waals surface area contributed by atoms with Crippen molar-refractivity contribution >= 4 is 40.0 Å². The van der Waals surface area contributed by atoms with Gasteiger partial charge in [-0.1, -0.05) is 30.3 Å². The van der Waals surface area contributed by atoms with Crippen LogP contribution in [0.5, 0.6) is 5.75 Å². The number of para-hydroxylation sites is 1. The molecule has 25 heavy (non-hydrogen) atoms. The average Bonchev–Trinajstić information content (AvgIpc) is 3.29. The Morgan fingerprint density at radius 3 is 2.44 bits per heavy atom. The standard InChI is InChI=1S/C20H18N2O.CH4S/c1-13-12-21(20(2)10-11-20)19-18-15(7-5-9-17(18)23)14-6-3-4-8-16(14)22(13)19;1-2/h3-9,12H,10-11H2,1-2H3;2H,1H3/p+1. The number of aromatic nitrogens is 2. The fraction of sp³-hybridized carbons (Fsp3) is 0.286. The Morgan fingerprint density at radius 2 is 1.72 bits per heavy atom. The number of nitrogens with zero attached hydrogens (tertiary/aromatic N) is 2. The average molecular weight is 351 g/mol. The van der Waals surface area contributed by atoms with Gasteiger partial charge in [-0.3, -0.25) is 0 Å². The zero-order valence-corrected chi connectivity index (χ0v) is 15.7. The van der Waals surface area contributed by atoms with Crippen molar-refractivity contribution in [2.45, 2.75) is 32.2 Å². The molecule has 4 aromatic rings. The molecule has 0 radical (unpaired) electrons. The largest absolute Gasteiger partial charge is 0.507 e. The minimum absolute atomic E-state index is 0.178. The van der Waals surface area contributed by atoms with Crippen molar-refractivity contribution in [1.82, 2.24) is 4.40 Å². The van der Waals surface area contributed by atoms with E-state index in [4.69, 9.17) is 0 Å². The van der Waals surface area contributed by atoms with Gasteiger partial charge >= 0.3 is 0 Å². The van der Waals surface area contributed by atoms with Crippen LogP contribution in [0, 0.1) is 6.92 Å². The van der Waals surface area contributed by atoms with Gasteiger partial charge in [0.05, 0.1) is 0 Å². The molecule has 0 saturated heterocycles. The molecule has 2 aromatic carbocycles.